The summed E-state index contributed by atoms with van der Waals surface area (Å²) in [7, 11) is 1.63. The Morgan fingerprint density at radius 3 is 2.65 bits per heavy atom. The highest BCUT2D eigenvalue weighted by Gasteiger charge is 2.17. The minimum atomic E-state index is 0.119. The molecule has 0 bridgehead atoms. The van der Waals surface area contributed by atoms with Crippen molar-refractivity contribution in [3.05, 3.63) is 48.4 Å². The van der Waals surface area contributed by atoms with Gasteiger partial charge in [0.2, 0.25) is 5.88 Å². The summed E-state index contributed by atoms with van der Waals surface area (Å²) in [5, 5.41) is 3.44. The molecule has 106 valence electrons. The molecule has 1 aromatic carbocycles. The molecule has 4 nitrogen and oxygen atoms in total. The zero-order valence-corrected chi connectivity index (χ0v) is 12.6. The number of ether oxygens (including phenoxy) is 1. The number of hydrogen-bond donors (Lipinski definition) is 1. The first-order valence-corrected chi connectivity index (χ1v) is 7.59. The third-order valence-corrected chi connectivity index (χ3v) is 3.93. The molecule has 0 saturated heterocycles. The van der Waals surface area contributed by atoms with Gasteiger partial charge in [-0.25, -0.2) is 4.98 Å². The van der Waals surface area contributed by atoms with Crippen LogP contribution in [0.15, 0.2) is 47.6 Å². The van der Waals surface area contributed by atoms with E-state index in [4.69, 9.17) is 4.74 Å². The summed E-state index contributed by atoms with van der Waals surface area (Å²) < 4.78 is 5.30. The molecule has 2 aromatic rings. The van der Waals surface area contributed by atoms with Gasteiger partial charge in [-0.2, -0.15) is 0 Å². The van der Waals surface area contributed by atoms with Crippen LogP contribution in [0.25, 0.3) is 0 Å². The number of aromatic nitrogens is 2. The molecule has 0 fully saturated rings. The van der Waals surface area contributed by atoms with Crippen LogP contribution in [0, 0.1) is 0 Å². The van der Waals surface area contributed by atoms with E-state index in [0.717, 1.165) is 18.0 Å². The average molecular weight is 289 g/mol. The predicted molar refractivity (Wildman–Crippen MR) is 82.2 cm³/mol. The Balaban J connectivity index is 2.10. The maximum atomic E-state index is 5.30. The van der Waals surface area contributed by atoms with Crippen molar-refractivity contribution in [3.63, 3.8) is 0 Å². The lowest BCUT2D eigenvalue weighted by Gasteiger charge is -2.18. The third-order valence-electron chi connectivity index (χ3n) is 2.83. The lowest BCUT2D eigenvalue weighted by Crippen LogP contribution is -2.24. The Morgan fingerprint density at radius 2 is 1.95 bits per heavy atom. The largest absolute Gasteiger partial charge is 0.480 e. The smallest absolute Gasteiger partial charge is 0.237 e. The Kier molecular flexibility index (Phi) is 5.83. The zero-order chi connectivity index (χ0) is 14.2. The molecular weight excluding hydrogens is 270 g/mol. The number of hydrogen-bond acceptors (Lipinski definition) is 5. The van der Waals surface area contributed by atoms with Crippen LogP contribution in [-0.4, -0.2) is 29.4 Å². The number of thioether (sulfide) groups is 1. The summed E-state index contributed by atoms with van der Waals surface area (Å²) in [5.74, 6) is 1.47. The van der Waals surface area contributed by atoms with Gasteiger partial charge in [0.05, 0.1) is 13.2 Å². The highest BCUT2D eigenvalue weighted by Crippen LogP contribution is 2.27. The van der Waals surface area contributed by atoms with Crippen molar-refractivity contribution in [3.8, 4) is 5.88 Å². The first-order valence-electron chi connectivity index (χ1n) is 6.61. The highest BCUT2D eigenvalue weighted by atomic mass is 32.2. The minimum absolute atomic E-state index is 0.119. The Labute approximate surface area is 124 Å². The molecule has 1 unspecified atom stereocenters. The van der Waals surface area contributed by atoms with Gasteiger partial charge in [0.25, 0.3) is 0 Å². The molecule has 2 rings (SSSR count). The van der Waals surface area contributed by atoms with Crippen molar-refractivity contribution in [1.82, 2.24) is 15.3 Å². The van der Waals surface area contributed by atoms with Crippen LogP contribution in [0.3, 0.4) is 0 Å². The van der Waals surface area contributed by atoms with Crippen molar-refractivity contribution in [2.45, 2.75) is 17.9 Å². The molecule has 1 N–H and O–H groups in total. The molecule has 0 radical (unpaired) electrons. The summed E-state index contributed by atoms with van der Waals surface area (Å²) in [5.41, 5.74) is 0.861. The topological polar surface area (TPSA) is 47.0 Å². The predicted octanol–water partition coefficient (Wildman–Crippen LogP) is 2.93. The molecule has 1 atom stereocenters. The molecule has 0 aliphatic rings. The van der Waals surface area contributed by atoms with E-state index in [1.165, 1.54) is 4.90 Å². The second-order valence-electron chi connectivity index (χ2n) is 4.19. The Morgan fingerprint density at radius 1 is 1.20 bits per heavy atom. The fourth-order valence-electron chi connectivity index (χ4n) is 1.91. The Hall–Kier alpha value is -1.59. The summed E-state index contributed by atoms with van der Waals surface area (Å²) in [6.07, 6.45) is 3.35. The van der Waals surface area contributed by atoms with Crippen LogP contribution in [0.2, 0.25) is 0 Å². The van der Waals surface area contributed by atoms with Crippen molar-refractivity contribution in [1.29, 1.82) is 0 Å². The lowest BCUT2D eigenvalue weighted by atomic mass is 10.2. The first kappa shape index (κ1) is 14.8. The van der Waals surface area contributed by atoms with Crippen LogP contribution in [-0.2, 0) is 0 Å². The van der Waals surface area contributed by atoms with E-state index in [1.54, 1.807) is 31.3 Å². The molecule has 20 heavy (non-hydrogen) atoms. The molecule has 0 amide bonds. The van der Waals surface area contributed by atoms with Crippen LogP contribution in [0.4, 0.5) is 0 Å². The quantitative estimate of drug-likeness (QED) is 0.794. The molecule has 0 aliphatic heterocycles. The monoisotopic (exact) mass is 289 g/mol. The van der Waals surface area contributed by atoms with Crippen LogP contribution < -0.4 is 10.1 Å². The van der Waals surface area contributed by atoms with E-state index in [2.05, 4.69) is 34.3 Å². The molecule has 1 aromatic heterocycles. The molecule has 5 heteroatoms. The average Bonchev–Trinajstić information content (AvgIpc) is 2.52. The molecule has 1 heterocycles. The second kappa shape index (κ2) is 7.87. The number of methoxy groups -OCH3 is 1. The SMILES string of the molecule is CCNC(CSc1ccccc1)c1nccnc1OC. The number of benzene rings is 1. The van der Waals surface area contributed by atoms with Crippen LogP contribution in [0.1, 0.15) is 18.7 Å². The van der Waals surface area contributed by atoms with Gasteiger partial charge in [-0.15, -0.1) is 11.8 Å². The zero-order valence-electron chi connectivity index (χ0n) is 11.7. The lowest BCUT2D eigenvalue weighted by molar-refractivity contribution is 0.381. The van der Waals surface area contributed by atoms with Crippen molar-refractivity contribution >= 4 is 11.8 Å². The molecule has 0 aliphatic carbocycles. The maximum absolute atomic E-state index is 5.30. The Bertz CT molecular complexity index is 522. The normalized spacial score (nSPS) is 12.1. The van der Waals surface area contributed by atoms with Gasteiger partial charge < -0.3 is 10.1 Å². The van der Waals surface area contributed by atoms with Crippen molar-refractivity contribution in [2.75, 3.05) is 19.4 Å². The fraction of sp³-hybridized carbons (Fsp3) is 0.333. The van der Waals surface area contributed by atoms with E-state index in [0.29, 0.717) is 5.88 Å². The summed E-state index contributed by atoms with van der Waals surface area (Å²) >= 11 is 1.80. The number of nitrogens with one attached hydrogen (secondary N) is 1. The molecule has 0 spiro atoms. The van der Waals surface area contributed by atoms with Crippen molar-refractivity contribution in [2.24, 2.45) is 0 Å². The summed E-state index contributed by atoms with van der Waals surface area (Å²) in [4.78, 5) is 9.89. The maximum Gasteiger partial charge on any atom is 0.237 e. The molecule has 0 saturated carbocycles. The minimum Gasteiger partial charge on any atom is -0.480 e. The van der Waals surface area contributed by atoms with Gasteiger partial charge in [0.15, 0.2) is 0 Å². The van der Waals surface area contributed by atoms with E-state index in [1.807, 2.05) is 18.2 Å². The molecular formula is C15H19N3OS. The highest BCUT2D eigenvalue weighted by molar-refractivity contribution is 7.99. The van der Waals surface area contributed by atoms with Gasteiger partial charge in [0, 0.05) is 23.0 Å². The first-order chi connectivity index (χ1) is 9.85. The van der Waals surface area contributed by atoms with Gasteiger partial charge in [-0.1, -0.05) is 25.1 Å². The summed E-state index contributed by atoms with van der Waals surface area (Å²) in [6.45, 7) is 2.96. The summed E-state index contributed by atoms with van der Waals surface area (Å²) in [6, 6.07) is 10.5. The van der Waals surface area contributed by atoms with E-state index in [9.17, 15) is 0 Å². The standard InChI is InChI=1S/C15H19N3OS/c1-3-16-13(11-20-12-7-5-4-6-8-12)14-15(19-2)18-10-9-17-14/h4-10,13,16H,3,11H2,1-2H3. The van der Waals surface area contributed by atoms with Crippen LogP contribution in [0.5, 0.6) is 5.88 Å². The van der Waals surface area contributed by atoms with E-state index in [-0.39, 0.29) is 6.04 Å². The fourth-order valence-corrected chi connectivity index (χ4v) is 2.89. The third kappa shape index (κ3) is 3.95. The van der Waals surface area contributed by atoms with Gasteiger partial charge >= 0.3 is 0 Å². The van der Waals surface area contributed by atoms with E-state index < -0.39 is 0 Å². The van der Waals surface area contributed by atoms with E-state index >= 15 is 0 Å². The second-order valence-corrected chi connectivity index (χ2v) is 5.28. The number of rotatable bonds is 7. The van der Waals surface area contributed by atoms with Crippen LogP contribution >= 0.6 is 11.8 Å². The van der Waals surface area contributed by atoms with Crippen molar-refractivity contribution < 1.29 is 4.74 Å². The van der Waals surface area contributed by atoms with Gasteiger partial charge in [0.1, 0.15) is 5.69 Å². The van der Waals surface area contributed by atoms with Gasteiger partial charge in [-0.05, 0) is 18.7 Å². The van der Waals surface area contributed by atoms with Gasteiger partial charge in [-0.3, -0.25) is 4.98 Å². The number of nitrogens with zero attached hydrogens (tertiary/aromatic N) is 2.